The lowest BCUT2D eigenvalue weighted by atomic mass is 10.1. The maximum Gasteiger partial charge on any atom is 0.0590 e. The molecule has 0 aliphatic carbocycles. The van der Waals surface area contributed by atoms with Crippen molar-refractivity contribution in [2.24, 2.45) is 0 Å². The average molecular weight is 201 g/mol. The lowest BCUT2D eigenvalue weighted by Gasteiger charge is -2.15. The lowest BCUT2D eigenvalue weighted by Crippen LogP contribution is -2.31. The van der Waals surface area contributed by atoms with Crippen molar-refractivity contribution in [3.05, 3.63) is 0 Å². The zero-order valence-electron chi connectivity index (χ0n) is 10.1. The van der Waals surface area contributed by atoms with Gasteiger partial charge in [-0.1, -0.05) is 33.6 Å². The van der Waals surface area contributed by atoms with Gasteiger partial charge in [-0.3, -0.25) is 0 Å². The Labute approximate surface area is 89.4 Å². The second-order valence-corrected chi connectivity index (χ2v) is 3.81. The molecule has 0 aromatic heterocycles. The summed E-state index contributed by atoms with van der Waals surface area (Å²) in [7, 11) is 0. The number of nitrogens with one attached hydrogen (secondary N) is 1. The highest BCUT2D eigenvalue weighted by Crippen LogP contribution is 1.99. The fourth-order valence-corrected chi connectivity index (χ4v) is 1.48. The van der Waals surface area contributed by atoms with Gasteiger partial charge >= 0.3 is 0 Å². The van der Waals surface area contributed by atoms with Gasteiger partial charge in [0.05, 0.1) is 6.61 Å². The molecule has 86 valence electrons. The van der Waals surface area contributed by atoms with Crippen molar-refractivity contribution in [2.45, 2.75) is 58.9 Å². The Bertz CT molecular complexity index is 106. The molecular formula is C12H27NO. The van der Waals surface area contributed by atoms with Crippen LogP contribution in [0.2, 0.25) is 0 Å². The number of ether oxygens (including phenoxy) is 1. The van der Waals surface area contributed by atoms with Crippen LogP contribution in [-0.2, 0) is 4.74 Å². The molecule has 0 heterocycles. The van der Waals surface area contributed by atoms with Crippen molar-refractivity contribution >= 4 is 0 Å². The quantitative estimate of drug-likeness (QED) is 0.549. The van der Waals surface area contributed by atoms with E-state index in [0.29, 0.717) is 6.04 Å². The van der Waals surface area contributed by atoms with E-state index in [1.807, 2.05) is 0 Å². The third-order valence-corrected chi connectivity index (χ3v) is 2.45. The molecule has 2 heteroatoms. The smallest absolute Gasteiger partial charge is 0.0590 e. The van der Waals surface area contributed by atoms with E-state index in [9.17, 15) is 0 Å². The molecule has 0 radical (unpaired) electrons. The summed E-state index contributed by atoms with van der Waals surface area (Å²) in [5, 5.41) is 3.52. The zero-order chi connectivity index (χ0) is 10.6. The molecule has 0 aliphatic heterocycles. The van der Waals surface area contributed by atoms with Gasteiger partial charge in [-0.2, -0.15) is 0 Å². The van der Waals surface area contributed by atoms with E-state index in [2.05, 4.69) is 26.1 Å². The van der Waals surface area contributed by atoms with E-state index in [-0.39, 0.29) is 0 Å². The molecule has 2 nitrogen and oxygen atoms in total. The number of hydrogen-bond donors (Lipinski definition) is 1. The van der Waals surface area contributed by atoms with Crippen LogP contribution in [0.3, 0.4) is 0 Å². The topological polar surface area (TPSA) is 21.3 Å². The normalized spacial score (nSPS) is 13.1. The second-order valence-electron chi connectivity index (χ2n) is 3.81. The van der Waals surface area contributed by atoms with Crippen molar-refractivity contribution in [1.82, 2.24) is 5.32 Å². The Morgan fingerprint density at radius 1 is 1.07 bits per heavy atom. The summed E-state index contributed by atoms with van der Waals surface area (Å²) in [6.07, 6.45) is 6.18. The Kier molecular flexibility index (Phi) is 10.9. The summed E-state index contributed by atoms with van der Waals surface area (Å²) in [4.78, 5) is 0. The Hall–Kier alpha value is -0.0800. The van der Waals surface area contributed by atoms with Gasteiger partial charge in [0, 0.05) is 19.2 Å². The minimum absolute atomic E-state index is 0.690. The van der Waals surface area contributed by atoms with Gasteiger partial charge in [0.25, 0.3) is 0 Å². The molecule has 0 bridgehead atoms. The van der Waals surface area contributed by atoms with Crippen molar-refractivity contribution in [1.29, 1.82) is 0 Å². The van der Waals surface area contributed by atoms with Crippen LogP contribution in [0.1, 0.15) is 52.9 Å². The van der Waals surface area contributed by atoms with Crippen molar-refractivity contribution in [3.63, 3.8) is 0 Å². The predicted molar refractivity (Wildman–Crippen MR) is 62.7 cm³/mol. The Balaban J connectivity index is 3.15. The van der Waals surface area contributed by atoms with Crippen LogP contribution >= 0.6 is 0 Å². The maximum absolute atomic E-state index is 5.48. The van der Waals surface area contributed by atoms with Crippen LogP contribution in [0.4, 0.5) is 0 Å². The maximum atomic E-state index is 5.48. The molecule has 1 N–H and O–H groups in total. The van der Waals surface area contributed by atoms with Gasteiger partial charge in [-0.15, -0.1) is 0 Å². The number of unbranched alkanes of at least 4 members (excludes halogenated alkanes) is 1. The third-order valence-electron chi connectivity index (χ3n) is 2.45. The van der Waals surface area contributed by atoms with E-state index in [0.717, 1.165) is 19.8 Å². The average Bonchev–Trinajstić information content (AvgIpc) is 2.21. The van der Waals surface area contributed by atoms with Gasteiger partial charge in [-0.05, 0) is 19.3 Å². The molecule has 0 aromatic rings. The highest BCUT2D eigenvalue weighted by molar-refractivity contribution is 4.63. The van der Waals surface area contributed by atoms with Crippen LogP contribution in [0, 0.1) is 0 Å². The SMILES string of the molecule is CCCCOCCNC(CC)CCC. The van der Waals surface area contributed by atoms with E-state index in [1.54, 1.807) is 0 Å². The standard InChI is InChI=1S/C12H27NO/c1-4-7-10-14-11-9-13-12(6-3)8-5-2/h12-13H,4-11H2,1-3H3. The van der Waals surface area contributed by atoms with Gasteiger partial charge < -0.3 is 10.1 Å². The van der Waals surface area contributed by atoms with Gasteiger partial charge in [0.2, 0.25) is 0 Å². The van der Waals surface area contributed by atoms with E-state index in [1.165, 1.54) is 32.1 Å². The summed E-state index contributed by atoms with van der Waals surface area (Å²) < 4.78 is 5.48. The first-order chi connectivity index (χ1) is 6.85. The molecule has 1 unspecified atom stereocenters. The predicted octanol–water partition coefficient (Wildman–Crippen LogP) is 2.97. The van der Waals surface area contributed by atoms with Crippen molar-refractivity contribution in [3.8, 4) is 0 Å². The molecule has 0 saturated heterocycles. The van der Waals surface area contributed by atoms with Crippen molar-refractivity contribution in [2.75, 3.05) is 19.8 Å². The second kappa shape index (κ2) is 11.0. The molecule has 0 amide bonds. The van der Waals surface area contributed by atoms with E-state index >= 15 is 0 Å². The summed E-state index contributed by atoms with van der Waals surface area (Å²) in [5.41, 5.74) is 0. The lowest BCUT2D eigenvalue weighted by molar-refractivity contribution is 0.130. The van der Waals surface area contributed by atoms with Gasteiger partial charge in [0.1, 0.15) is 0 Å². The van der Waals surface area contributed by atoms with Crippen LogP contribution in [0.25, 0.3) is 0 Å². The molecule has 0 spiro atoms. The minimum Gasteiger partial charge on any atom is -0.380 e. The summed E-state index contributed by atoms with van der Waals surface area (Å²) in [5.74, 6) is 0. The zero-order valence-corrected chi connectivity index (χ0v) is 10.1. The fourth-order valence-electron chi connectivity index (χ4n) is 1.48. The van der Waals surface area contributed by atoms with Crippen LogP contribution < -0.4 is 5.32 Å². The first-order valence-corrected chi connectivity index (χ1v) is 6.16. The molecule has 0 aromatic carbocycles. The fraction of sp³-hybridized carbons (Fsp3) is 1.00. The first kappa shape index (κ1) is 13.9. The monoisotopic (exact) mass is 201 g/mol. The third kappa shape index (κ3) is 8.52. The number of hydrogen-bond acceptors (Lipinski definition) is 2. The summed E-state index contributed by atoms with van der Waals surface area (Å²) in [6, 6.07) is 0.690. The molecule has 0 saturated carbocycles. The highest BCUT2D eigenvalue weighted by atomic mass is 16.5. The minimum atomic E-state index is 0.690. The molecule has 0 rings (SSSR count). The van der Waals surface area contributed by atoms with Crippen LogP contribution in [0.15, 0.2) is 0 Å². The van der Waals surface area contributed by atoms with Crippen LogP contribution in [-0.4, -0.2) is 25.8 Å². The molecule has 0 aliphatic rings. The summed E-state index contributed by atoms with van der Waals surface area (Å²) in [6.45, 7) is 9.45. The molecule has 0 fully saturated rings. The van der Waals surface area contributed by atoms with Crippen LogP contribution in [0.5, 0.6) is 0 Å². The molecular weight excluding hydrogens is 174 g/mol. The largest absolute Gasteiger partial charge is 0.380 e. The van der Waals surface area contributed by atoms with E-state index in [4.69, 9.17) is 4.74 Å². The van der Waals surface area contributed by atoms with Gasteiger partial charge in [-0.25, -0.2) is 0 Å². The number of rotatable bonds is 10. The van der Waals surface area contributed by atoms with Crippen molar-refractivity contribution < 1.29 is 4.74 Å². The summed E-state index contributed by atoms with van der Waals surface area (Å²) >= 11 is 0. The molecule has 1 atom stereocenters. The highest BCUT2D eigenvalue weighted by Gasteiger charge is 2.02. The Morgan fingerprint density at radius 3 is 2.43 bits per heavy atom. The van der Waals surface area contributed by atoms with E-state index < -0.39 is 0 Å². The first-order valence-electron chi connectivity index (χ1n) is 6.16. The Morgan fingerprint density at radius 2 is 1.86 bits per heavy atom. The molecule has 14 heavy (non-hydrogen) atoms. The van der Waals surface area contributed by atoms with Gasteiger partial charge in [0.15, 0.2) is 0 Å².